The van der Waals surface area contributed by atoms with Crippen molar-refractivity contribution in [2.75, 3.05) is 0 Å². The molecule has 2 aromatic carbocycles. The minimum atomic E-state index is -0.178. The SMILES string of the molecule is Cc1ccc(CNC2=C(c3ccccc3)C(=O)c3ccccc3C2=O)o1. The first kappa shape index (κ1) is 16.1. The summed E-state index contributed by atoms with van der Waals surface area (Å²) in [7, 11) is 0. The van der Waals surface area contributed by atoms with Crippen molar-refractivity contribution < 1.29 is 14.0 Å². The Kier molecular flexibility index (Phi) is 4.01. The van der Waals surface area contributed by atoms with Crippen LogP contribution in [0.5, 0.6) is 0 Å². The Bertz CT molecular complexity index is 1030. The van der Waals surface area contributed by atoms with E-state index < -0.39 is 0 Å². The normalized spacial score (nSPS) is 13.7. The molecular weight excluding hydrogens is 326 g/mol. The lowest BCUT2D eigenvalue weighted by atomic mass is 9.84. The molecule has 26 heavy (non-hydrogen) atoms. The zero-order valence-corrected chi connectivity index (χ0v) is 14.3. The number of rotatable bonds is 4. The Morgan fingerprint density at radius 1 is 0.808 bits per heavy atom. The number of Topliss-reactive ketones (excluding diaryl/α,β-unsaturated/α-hetero) is 2. The van der Waals surface area contributed by atoms with Gasteiger partial charge < -0.3 is 9.73 Å². The maximum absolute atomic E-state index is 13.1. The monoisotopic (exact) mass is 343 g/mol. The van der Waals surface area contributed by atoms with E-state index in [1.165, 1.54) is 0 Å². The fourth-order valence-electron chi connectivity index (χ4n) is 3.18. The molecule has 1 aliphatic rings. The largest absolute Gasteiger partial charge is 0.465 e. The molecule has 0 bridgehead atoms. The van der Waals surface area contributed by atoms with E-state index in [0.717, 1.165) is 11.3 Å². The molecule has 0 atom stereocenters. The summed E-state index contributed by atoms with van der Waals surface area (Å²) in [5, 5.41) is 3.14. The first-order valence-electron chi connectivity index (χ1n) is 8.42. The van der Waals surface area contributed by atoms with Crippen molar-refractivity contribution in [2.24, 2.45) is 0 Å². The summed E-state index contributed by atoms with van der Waals surface area (Å²) in [5.74, 6) is 1.18. The van der Waals surface area contributed by atoms with Crippen molar-refractivity contribution in [3.05, 3.63) is 101 Å². The molecule has 0 aliphatic heterocycles. The number of carbonyl (C=O) groups is 2. The number of hydrogen-bond acceptors (Lipinski definition) is 4. The Balaban J connectivity index is 1.81. The highest BCUT2D eigenvalue weighted by molar-refractivity contribution is 6.40. The highest BCUT2D eigenvalue weighted by Gasteiger charge is 2.32. The van der Waals surface area contributed by atoms with Gasteiger partial charge in [-0.05, 0) is 24.6 Å². The first-order valence-corrected chi connectivity index (χ1v) is 8.42. The minimum Gasteiger partial charge on any atom is -0.465 e. The molecule has 3 aromatic rings. The summed E-state index contributed by atoms with van der Waals surface area (Å²) in [6, 6.07) is 19.9. The molecule has 0 fully saturated rings. The van der Waals surface area contributed by atoms with E-state index in [4.69, 9.17) is 4.42 Å². The predicted octanol–water partition coefficient (Wildman–Crippen LogP) is 4.17. The number of benzene rings is 2. The number of ketones is 2. The van der Waals surface area contributed by atoms with Crippen LogP contribution >= 0.6 is 0 Å². The number of carbonyl (C=O) groups excluding carboxylic acids is 2. The molecule has 4 nitrogen and oxygen atoms in total. The lowest BCUT2D eigenvalue weighted by molar-refractivity contribution is 0.0985. The Morgan fingerprint density at radius 2 is 1.46 bits per heavy atom. The topological polar surface area (TPSA) is 59.3 Å². The van der Waals surface area contributed by atoms with Crippen LogP contribution in [0.4, 0.5) is 0 Å². The molecule has 0 amide bonds. The van der Waals surface area contributed by atoms with E-state index in [1.54, 1.807) is 24.3 Å². The van der Waals surface area contributed by atoms with Crippen LogP contribution in [0.15, 0.2) is 76.8 Å². The van der Waals surface area contributed by atoms with Crippen molar-refractivity contribution in [3.63, 3.8) is 0 Å². The Labute approximate surface area is 151 Å². The standard InChI is InChI=1S/C22H17NO3/c1-14-11-12-16(26-14)13-23-20-19(15-7-3-2-4-8-15)21(24)17-9-5-6-10-18(17)22(20)25/h2-12,23H,13H2,1H3. The molecule has 0 unspecified atom stereocenters. The molecule has 0 saturated carbocycles. The summed E-state index contributed by atoms with van der Waals surface area (Å²) >= 11 is 0. The molecule has 1 aromatic heterocycles. The van der Waals surface area contributed by atoms with Gasteiger partial charge in [-0.2, -0.15) is 0 Å². The molecule has 128 valence electrons. The summed E-state index contributed by atoms with van der Waals surface area (Å²) < 4.78 is 5.57. The highest BCUT2D eigenvalue weighted by atomic mass is 16.3. The molecule has 1 heterocycles. The third-order valence-corrected chi connectivity index (χ3v) is 4.42. The molecule has 0 spiro atoms. The number of furan rings is 1. The minimum absolute atomic E-state index is 0.149. The quantitative estimate of drug-likeness (QED) is 0.772. The fourth-order valence-corrected chi connectivity index (χ4v) is 3.18. The van der Waals surface area contributed by atoms with Crippen molar-refractivity contribution in [3.8, 4) is 0 Å². The molecule has 4 rings (SSSR count). The third-order valence-electron chi connectivity index (χ3n) is 4.42. The van der Waals surface area contributed by atoms with E-state index >= 15 is 0 Å². The zero-order valence-electron chi connectivity index (χ0n) is 14.3. The van der Waals surface area contributed by atoms with Gasteiger partial charge >= 0.3 is 0 Å². The van der Waals surface area contributed by atoms with Gasteiger partial charge in [-0.15, -0.1) is 0 Å². The van der Waals surface area contributed by atoms with Crippen LogP contribution in [0.25, 0.3) is 5.57 Å². The van der Waals surface area contributed by atoms with Crippen molar-refractivity contribution >= 4 is 17.1 Å². The second kappa shape index (κ2) is 6.48. The van der Waals surface area contributed by atoms with Crippen molar-refractivity contribution in [2.45, 2.75) is 13.5 Å². The first-order chi connectivity index (χ1) is 12.6. The highest BCUT2D eigenvalue weighted by Crippen LogP contribution is 2.31. The van der Waals surface area contributed by atoms with E-state index in [0.29, 0.717) is 34.7 Å². The molecular formula is C22H17NO3. The summed E-state index contributed by atoms with van der Waals surface area (Å²) in [5.41, 5.74) is 2.30. The number of fused-ring (bicyclic) bond motifs is 1. The number of nitrogens with one attached hydrogen (secondary N) is 1. The average molecular weight is 343 g/mol. The number of hydrogen-bond donors (Lipinski definition) is 1. The van der Waals surface area contributed by atoms with Crippen molar-refractivity contribution in [1.29, 1.82) is 0 Å². The second-order valence-electron chi connectivity index (χ2n) is 6.19. The van der Waals surface area contributed by atoms with Crippen LogP contribution in [0, 0.1) is 6.92 Å². The van der Waals surface area contributed by atoms with Gasteiger partial charge in [-0.1, -0.05) is 54.6 Å². The van der Waals surface area contributed by atoms with E-state index in [-0.39, 0.29) is 11.6 Å². The van der Waals surface area contributed by atoms with Crippen LogP contribution < -0.4 is 5.32 Å². The Hall–Kier alpha value is -3.40. The summed E-state index contributed by atoms with van der Waals surface area (Å²) in [6.07, 6.45) is 0. The average Bonchev–Trinajstić information content (AvgIpc) is 3.09. The lowest BCUT2D eigenvalue weighted by Crippen LogP contribution is -2.29. The van der Waals surface area contributed by atoms with Crippen LogP contribution in [0.2, 0.25) is 0 Å². The number of allylic oxidation sites excluding steroid dienone is 2. The lowest BCUT2D eigenvalue weighted by Gasteiger charge is -2.22. The zero-order chi connectivity index (χ0) is 18.1. The summed E-state index contributed by atoms with van der Waals surface area (Å²) in [4.78, 5) is 26.2. The fraction of sp³-hybridized carbons (Fsp3) is 0.0909. The third kappa shape index (κ3) is 2.75. The van der Waals surface area contributed by atoms with Gasteiger partial charge in [0.05, 0.1) is 17.8 Å². The predicted molar refractivity (Wildman–Crippen MR) is 98.7 cm³/mol. The van der Waals surface area contributed by atoms with Gasteiger partial charge in [0.2, 0.25) is 5.78 Å². The van der Waals surface area contributed by atoms with Gasteiger partial charge in [-0.25, -0.2) is 0 Å². The van der Waals surface area contributed by atoms with Crippen molar-refractivity contribution in [1.82, 2.24) is 5.32 Å². The van der Waals surface area contributed by atoms with Crippen LogP contribution in [0.3, 0.4) is 0 Å². The molecule has 4 heteroatoms. The van der Waals surface area contributed by atoms with Crippen LogP contribution in [-0.4, -0.2) is 11.6 Å². The maximum Gasteiger partial charge on any atom is 0.210 e. The van der Waals surface area contributed by atoms with Gasteiger partial charge in [0.15, 0.2) is 5.78 Å². The molecule has 0 radical (unpaired) electrons. The van der Waals surface area contributed by atoms with Gasteiger partial charge in [0.25, 0.3) is 0 Å². The van der Waals surface area contributed by atoms with E-state index in [1.807, 2.05) is 49.4 Å². The smallest absolute Gasteiger partial charge is 0.210 e. The van der Waals surface area contributed by atoms with Gasteiger partial charge in [-0.3, -0.25) is 9.59 Å². The van der Waals surface area contributed by atoms with E-state index in [2.05, 4.69) is 5.32 Å². The van der Waals surface area contributed by atoms with Crippen LogP contribution in [-0.2, 0) is 6.54 Å². The van der Waals surface area contributed by atoms with E-state index in [9.17, 15) is 9.59 Å². The van der Waals surface area contributed by atoms with Gasteiger partial charge in [0.1, 0.15) is 11.5 Å². The molecule has 1 aliphatic carbocycles. The second-order valence-corrected chi connectivity index (χ2v) is 6.19. The molecule has 0 saturated heterocycles. The number of aryl methyl sites for hydroxylation is 1. The molecule has 1 N–H and O–H groups in total. The van der Waals surface area contributed by atoms with Gasteiger partial charge in [0, 0.05) is 11.1 Å². The Morgan fingerprint density at radius 3 is 2.12 bits per heavy atom. The maximum atomic E-state index is 13.1. The summed E-state index contributed by atoms with van der Waals surface area (Å²) in [6.45, 7) is 2.20. The van der Waals surface area contributed by atoms with Crippen LogP contribution in [0.1, 0.15) is 37.8 Å².